The summed E-state index contributed by atoms with van der Waals surface area (Å²) in [6, 6.07) is 24.8. The molecule has 0 aromatic heterocycles. The number of benzene rings is 3. The number of rotatable bonds is 11. The summed E-state index contributed by atoms with van der Waals surface area (Å²) in [4.78, 5) is 15.9. The molecule has 0 aliphatic heterocycles. The summed E-state index contributed by atoms with van der Waals surface area (Å²) in [6.07, 6.45) is 2.70. The number of nitriles is 1. The van der Waals surface area contributed by atoms with Crippen LogP contribution in [0.15, 0.2) is 83.5 Å². The van der Waals surface area contributed by atoms with Gasteiger partial charge in [-0.15, -0.1) is 0 Å². The molecule has 3 aromatic carbocycles. The molecule has 0 spiro atoms. The van der Waals surface area contributed by atoms with E-state index in [4.69, 9.17) is 19.4 Å². The van der Waals surface area contributed by atoms with Crippen molar-refractivity contribution in [1.82, 2.24) is 0 Å². The zero-order chi connectivity index (χ0) is 25.3. The molecular weight excluding hydrogens is 456 g/mol. The van der Waals surface area contributed by atoms with Crippen LogP contribution in [0.1, 0.15) is 34.6 Å². The fourth-order valence-electron chi connectivity index (χ4n) is 3.96. The maximum absolute atomic E-state index is 10.9. The second-order valence-electron chi connectivity index (χ2n) is 8.34. The van der Waals surface area contributed by atoms with Gasteiger partial charge in [0.25, 0.3) is 0 Å². The van der Waals surface area contributed by atoms with Gasteiger partial charge in [-0.05, 0) is 58.2 Å². The first kappa shape index (κ1) is 24.6. The van der Waals surface area contributed by atoms with E-state index in [1.54, 1.807) is 24.3 Å². The molecule has 3 aromatic rings. The molecule has 0 saturated carbocycles. The minimum Gasteiger partial charge on any atom is -0.489 e. The van der Waals surface area contributed by atoms with Crippen LogP contribution in [0, 0.1) is 11.3 Å². The number of fused-ring (bicyclic) bond motifs is 1. The lowest BCUT2D eigenvalue weighted by molar-refractivity contribution is -0.137. The molecule has 0 bridgehead atoms. The second kappa shape index (κ2) is 11.7. The van der Waals surface area contributed by atoms with E-state index in [9.17, 15) is 10.1 Å². The quantitative estimate of drug-likeness (QED) is 0.291. The molecule has 36 heavy (non-hydrogen) atoms. The highest BCUT2D eigenvalue weighted by Gasteiger charge is 2.18. The lowest BCUT2D eigenvalue weighted by atomic mass is 9.97. The van der Waals surface area contributed by atoms with Gasteiger partial charge < -0.3 is 19.4 Å². The van der Waals surface area contributed by atoms with Gasteiger partial charge in [-0.1, -0.05) is 53.7 Å². The van der Waals surface area contributed by atoms with E-state index in [1.165, 1.54) is 18.2 Å². The molecule has 4 rings (SSSR count). The van der Waals surface area contributed by atoms with Crippen LogP contribution in [0.5, 0.6) is 11.5 Å². The highest BCUT2D eigenvalue weighted by atomic mass is 16.6. The summed E-state index contributed by atoms with van der Waals surface area (Å²) < 4.78 is 11.8. The Bertz CT molecular complexity index is 1300. The molecule has 7 nitrogen and oxygen atoms in total. The average Bonchev–Trinajstić information content (AvgIpc) is 3.33. The van der Waals surface area contributed by atoms with Crippen LogP contribution in [-0.2, 0) is 22.7 Å². The van der Waals surface area contributed by atoms with Crippen molar-refractivity contribution < 1.29 is 24.2 Å². The van der Waals surface area contributed by atoms with Crippen LogP contribution in [0.4, 0.5) is 0 Å². The topological polar surface area (TPSA) is 101 Å². The maximum atomic E-state index is 10.9. The average molecular weight is 483 g/mol. The number of carbonyl (C=O) groups is 1. The minimum absolute atomic E-state index is 0.227. The molecule has 0 heterocycles. The Morgan fingerprint density at radius 1 is 1.03 bits per heavy atom. The van der Waals surface area contributed by atoms with Crippen molar-refractivity contribution in [3.05, 3.63) is 101 Å². The number of carboxylic acids is 1. The Kier molecular flexibility index (Phi) is 7.99. The van der Waals surface area contributed by atoms with Gasteiger partial charge in [0.1, 0.15) is 37.5 Å². The summed E-state index contributed by atoms with van der Waals surface area (Å²) in [5.41, 5.74) is 5.92. The Morgan fingerprint density at radius 2 is 1.72 bits per heavy atom. The van der Waals surface area contributed by atoms with E-state index < -0.39 is 11.9 Å². The van der Waals surface area contributed by atoms with Crippen LogP contribution in [-0.4, -0.2) is 30.5 Å². The lowest BCUT2D eigenvalue weighted by Gasteiger charge is -2.11. The zero-order valence-electron chi connectivity index (χ0n) is 19.9. The van der Waals surface area contributed by atoms with Crippen molar-refractivity contribution in [2.24, 2.45) is 5.16 Å². The standard InChI is InChI=1S/C29H26N2O5/c1-34-31-28(24-14-22-4-2-3-5-23(22)15-24)19-36-26-10-6-20(7-11-26)18-35-27-12-8-21(9-13-27)25(17-30)16-29(32)33/h2-14,25H,15-16,18-19H2,1H3,(H,32,33)/b31-28+. The van der Waals surface area contributed by atoms with E-state index in [2.05, 4.69) is 23.4 Å². The SMILES string of the molecule is CO/N=C(\COc1ccc(COc2ccc(C(C#N)CC(=O)O)cc2)cc1)C1=Cc2ccccc2C1. The number of carboxylic acid groups (broad SMARTS) is 1. The second-order valence-corrected chi connectivity index (χ2v) is 8.34. The van der Waals surface area contributed by atoms with E-state index >= 15 is 0 Å². The summed E-state index contributed by atoms with van der Waals surface area (Å²) in [7, 11) is 1.53. The van der Waals surface area contributed by atoms with Crippen LogP contribution in [0.3, 0.4) is 0 Å². The van der Waals surface area contributed by atoms with Gasteiger partial charge >= 0.3 is 5.97 Å². The van der Waals surface area contributed by atoms with Gasteiger partial charge in [-0.25, -0.2) is 0 Å². The molecule has 0 saturated heterocycles. The Balaban J connectivity index is 1.30. The largest absolute Gasteiger partial charge is 0.489 e. The van der Waals surface area contributed by atoms with Crippen molar-refractivity contribution in [2.75, 3.05) is 13.7 Å². The van der Waals surface area contributed by atoms with Crippen molar-refractivity contribution >= 4 is 17.8 Å². The molecule has 1 N–H and O–H groups in total. The maximum Gasteiger partial charge on any atom is 0.305 e. The van der Waals surface area contributed by atoms with Crippen molar-refractivity contribution in [3.8, 4) is 17.6 Å². The van der Waals surface area contributed by atoms with Gasteiger partial charge in [0.15, 0.2) is 0 Å². The van der Waals surface area contributed by atoms with E-state index in [-0.39, 0.29) is 6.42 Å². The number of nitrogens with zero attached hydrogens (tertiary/aromatic N) is 2. The van der Waals surface area contributed by atoms with Gasteiger partial charge in [-0.3, -0.25) is 4.79 Å². The third-order valence-electron chi connectivity index (χ3n) is 5.86. The van der Waals surface area contributed by atoms with Crippen molar-refractivity contribution in [3.63, 3.8) is 0 Å². The fraction of sp³-hybridized carbons (Fsp3) is 0.207. The Labute approximate surface area is 209 Å². The van der Waals surface area contributed by atoms with Crippen LogP contribution >= 0.6 is 0 Å². The van der Waals surface area contributed by atoms with Crippen molar-refractivity contribution in [2.45, 2.75) is 25.4 Å². The third-order valence-corrected chi connectivity index (χ3v) is 5.86. The van der Waals surface area contributed by atoms with Gasteiger partial charge in [-0.2, -0.15) is 5.26 Å². The first-order chi connectivity index (χ1) is 17.6. The van der Waals surface area contributed by atoms with E-state index in [1.807, 2.05) is 42.5 Å². The summed E-state index contributed by atoms with van der Waals surface area (Å²) in [5.74, 6) is -0.335. The number of hydrogen-bond donors (Lipinski definition) is 1. The van der Waals surface area contributed by atoms with Gasteiger partial charge in [0.2, 0.25) is 0 Å². The molecule has 7 heteroatoms. The summed E-state index contributed by atoms with van der Waals surface area (Å²) in [6.45, 7) is 0.652. The van der Waals surface area contributed by atoms with Crippen LogP contribution < -0.4 is 9.47 Å². The highest BCUT2D eigenvalue weighted by Crippen LogP contribution is 2.26. The summed E-state index contributed by atoms with van der Waals surface area (Å²) >= 11 is 0. The minimum atomic E-state index is -1.00. The molecule has 1 aliphatic carbocycles. The van der Waals surface area contributed by atoms with Crippen LogP contribution in [0.25, 0.3) is 6.08 Å². The Hall–Kier alpha value is -4.57. The van der Waals surface area contributed by atoms with Crippen molar-refractivity contribution in [1.29, 1.82) is 5.26 Å². The smallest absolute Gasteiger partial charge is 0.305 e. The monoisotopic (exact) mass is 482 g/mol. The van der Waals surface area contributed by atoms with Crippen LogP contribution in [0.2, 0.25) is 0 Å². The number of aliphatic carboxylic acids is 1. The third kappa shape index (κ3) is 6.30. The molecule has 0 amide bonds. The number of ether oxygens (including phenoxy) is 2. The first-order valence-corrected chi connectivity index (χ1v) is 11.5. The molecule has 0 fully saturated rings. The molecule has 182 valence electrons. The molecule has 1 unspecified atom stereocenters. The zero-order valence-corrected chi connectivity index (χ0v) is 19.9. The van der Waals surface area contributed by atoms with E-state index in [0.29, 0.717) is 30.3 Å². The fourth-order valence-corrected chi connectivity index (χ4v) is 3.96. The van der Waals surface area contributed by atoms with E-state index in [0.717, 1.165) is 23.3 Å². The molecular formula is C29H26N2O5. The summed E-state index contributed by atoms with van der Waals surface area (Å²) in [5, 5.41) is 22.3. The molecule has 0 radical (unpaired) electrons. The first-order valence-electron chi connectivity index (χ1n) is 11.5. The number of hydrogen-bond acceptors (Lipinski definition) is 6. The molecule has 1 atom stereocenters. The predicted octanol–water partition coefficient (Wildman–Crippen LogP) is 5.37. The predicted molar refractivity (Wildman–Crippen MR) is 136 cm³/mol. The van der Waals surface area contributed by atoms with Gasteiger partial charge in [0.05, 0.1) is 18.4 Å². The van der Waals surface area contributed by atoms with Gasteiger partial charge in [0, 0.05) is 6.42 Å². The Morgan fingerprint density at radius 3 is 2.39 bits per heavy atom. The normalized spacial score (nSPS) is 13.2. The highest BCUT2D eigenvalue weighted by molar-refractivity contribution is 6.06. The molecule has 1 aliphatic rings. The number of oxime groups is 1. The lowest BCUT2D eigenvalue weighted by Crippen LogP contribution is -2.15.